The number of guanidine groups is 1. The summed E-state index contributed by atoms with van der Waals surface area (Å²) < 4.78 is 5.26. The fourth-order valence-electron chi connectivity index (χ4n) is 1.22. The monoisotopic (exact) mass is 355 g/mol. The molecular weight excluding hydrogens is 340 g/mol. The molecule has 90 valence electrons. The Morgan fingerprint density at radius 1 is 1.44 bits per heavy atom. The molecule has 1 aromatic rings. The maximum absolute atomic E-state index is 6.02. The van der Waals surface area contributed by atoms with Crippen LogP contribution < -0.4 is 11.5 Å². The average Bonchev–Trinajstić information content (AvgIpc) is 2.21. The fourth-order valence-corrected chi connectivity index (χ4v) is 1.48. The number of nitrogens with zero attached hydrogens (tertiary/aromatic N) is 1. The molecule has 0 aliphatic heterocycles. The van der Waals surface area contributed by atoms with Gasteiger partial charge in [0.1, 0.15) is 6.10 Å². The van der Waals surface area contributed by atoms with E-state index in [1.54, 1.807) is 13.2 Å². The summed E-state index contributed by atoms with van der Waals surface area (Å²) in [7, 11) is 1.59. The molecule has 0 aliphatic rings. The highest BCUT2D eigenvalue weighted by Gasteiger charge is 2.12. The highest BCUT2D eigenvalue weighted by atomic mass is 127. The van der Waals surface area contributed by atoms with Crippen molar-refractivity contribution in [3.8, 4) is 0 Å². The molecule has 0 radical (unpaired) electrons. The molecule has 16 heavy (non-hydrogen) atoms. The molecule has 0 bridgehead atoms. The number of hydrogen-bond donors (Lipinski definition) is 2. The number of aliphatic imine (C=N–C) groups is 1. The Kier molecular flexibility index (Phi) is 7.44. The van der Waals surface area contributed by atoms with Gasteiger partial charge in [-0.3, -0.25) is 4.99 Å². The molecule has 0 aromatic heterocycles. The molecule has 1 unspecified atom stereocenters. The molecule has 4 nitrogen and oxygen atoms in total. The van der Waals surface area contributed by atoms with Gasteiger partial charge < -0.3 is 16.2 Å². The van der Waals surface area contributed by atoms with Crippen molar-refractivity contribution >= 4 is 41.5 Å². The van der Waals surface area contributed by atoms with E-state index in [2.05, 4.69) is 4.99 Å². The molecule has 0 fully saturated rings. The lowest BCUT2D eigenvalue weighted by atomic mass is 10.1. The quantitative estimate of drug-likeness (QED) is 0.492. The van der Waals surface area contributed by atoms with Crippen molar-refractivity contribution in [1.82, 2.24) is 0 Å². The normalized spacial score (nSPS) is 11.4. The van der Waals surface area contributed by atoms with Crippen LogP contribution in [-0.4, -0.2) is 19.6 Å². The number of nitrogens with two attached hydrogens (primary N) is 2. The second kappa shape index (κ2) is 7.70. The number of benzene rings is 1. The molecular formula is C10H15ClIN3O. The summed E-state index contributed by atoms with van der Waals surface area (Å²) >= 11 is 6.02. The zero-order valence-electron chi connectivity index (χ0n) is 8.89. The van der Waals surface area contributed by atoms with E-state index < -0.39 is 0 Å². The topological polar surface area (TPSA) is 73.6 Å². The first-order valence-electron chi connectivity index (χ1n) is 4.47. The summed E-state index contributed by atoms with van der Waals surface area (Å²) in [6.07, 6.45) is -0.221. The smallest absolute Gasteiger partial charge is 0.186 e. The molecule has 1 aromatic carbocycles. The fraction of sp³-hybridized carbons (Fsp3) is 0.300. The first-order valence-corrected chi connectivity index (χ1v) is 4.85. The lowest BCUT2D eigenvalue weighted by molar-refractivity contribution is 0.111. The number of ether oxygens (including phenoxy) is 1. The van der Waals surface area contributed by atoms with Crippen molar-refractivity contribution in [3.63, 3.8) is 0 Å². The summed E-state index contributed by atoms with van der Waals surface area (Å²) in [4.78, 5) is 3.90. The standard InChI is InChI=1S/C10H14ClN3O.HI/c1-15-9(6-14-10(12)13)7-4-2-3-5-8(7)11;/h2-5,9H,6H2,1H3,(H4,12,13,14);1H. The van der Waals surface area contributed by atoms with Crippen LogP contribution >= 0.6 is 35.6 Å². The van der Waals surface area contributed by atoms with Crippen LogP contribution in [0, 0.1) is 0 Å². The van der Waals surface area contributed by atoms with Gasteiger partial charge in [0, 0.05) is 17.7 Å². The second-order valence-corrected chi connectivity index (χ2v) is 3.42. The van der Waals surface area contributed by atoms with E-state index in [9.17, 15) is 0 Å². The van der Waals surface area contributed by atoms with Gasteiger partial charge in [0.15, 0.2) is 5.96 Å². The van der Waals surface area contributed by atoms with Crippen molar-refractivity contribution in [3.05, 3.63) is 34.9 Å². The largest absolute Gasteiger partial charge is 0.375 e. The zero-order chi connectivity index (χ0) is 11.3. The predicted molar refractivity (Wildman–Crippen MR) is 77.3 cm³/mol. The van der Waals surface area contributed by atoms with Crippen LogP contribution in [0.1, 0.15) is 11.7 Å². The number of rotatable bonds is 4. The molecule has 1 atom stereocenters. The molecule has 0 saturated carbocycles. The van der Waals surface area contributed by atoms with Gasteiger partial charge in [-0.25, -0.2) is 0 Å². The minimum atomic E-state index is -0.221. The average molecular weight is 356 g/mol. The molecule has 0 spiro atoms. The van der Waals surface area contributed by atoms with E-state index in [-0.39, 0.29) is 36.0 Å². The van der Waals surface area contributed by atoms with E-state index in [0.717, 1.165) is 5.56 Å². The number of hydrogen-bond acceptors (Lipinski definition) is 2. The van der Waals surface area contributed by atoms with Crippen LogP contribution in [0.4, 0.5) is 0 Å². The van der Waals surface area contributed by atoms with Gasteiger partial charge in [-0.15, -0.1) is 24.0 Å². The first kappa shape index (κ1) is 15.5. The van der Waals surface area contributed by atoms with Gasteiger partial charge in [0.2, 0.25) is 0 Å². The van der Waals surface area contributed by atoms with Gasteiger partial charge in [-0.2, -0.15) is 0 Å². The Bertz CT molecular complexity index is 356. The SMILES string of the molecule is COC(CN=C(N)N)c1ccccc1Cl.I. The van der Waals surface area contributed by atoms with Crippen LogP contribution in [-0.2, 0) is 4.74 Å². The van der Waals surface area contributed by atoms with Crippen LogP contribution in [0.3, 0.4) is 0 Å². The van der Waals surface area contributed by atoms with Gasteiger partial charge in [-0.05, 0) is 6.07 Å². The highest BCUT2D eigenvalue weighted by molar-refractivity contribution is 14.0. The Balaban J connectivity index is 0.00000225. The number of halogens is 2. The minimum absolute atomic E-state index is 0. The van der Waals surface area contributed by atoms with Gasteiger partial charge in [0.25, 0.3) is 0 Å². The summed E-state index contributed by atoms with van der Waals surface area (Å²) in [5, 5.41) is 0.648. The third-order valence-corrected chi connectivity index (χ3v) is 2.32. The molecule has 4 N–H and O–H groups in total. The molecule has 0 saturated heterocycles. The van der Waals surface area contributed by atoms with E-state index in [1.165, 1.54) is 0 Å². The van der Waals surface area contributed by atoms with Crippen LogP contribution in [0.2, 0.25) is 5.02 Å². The second-order valence-electron chi connectivity index (χ2n) is 3.01. The summed E-state index contributed by atoms with van der Waals surface area (Å²) in [6.45, 7) is 0.364. The summed E-state index contributed by atoms with van der Waals surface area (Å²) in [5.74, 6) is 0.0455. The van der Waals surface area contributed by atoms with Gasteiger partial charge in [-0.1, -0.05) is 29.8 Å². The Morgan fingerprint density at radius 3 is 2.56 bits per heavy atom. The van der Waals surface area contributed by atoms with E-state index in [1.807, 2.05) is 18.2 Å². The van der Waals surface area contributed by atoms with Gasteiger partial charge >= 0.3 is 0 Å². The summed E-state index contributed by atoms with van der Waals surface area (Å²) in [5.41, 5.74) is 11.4. The maximum atomic E-state index is 6.02. The molecule has 1 rings (SSSR count). The first-order chi connectivity index (χ1) is 7.15. The van der Waals surface area contributed by atoms with Crippen LogP contribution in [0.15, 0.2) is 29.3 Å². The van der Waals surface area contributed by atoms with Crippen LogP contribution in [0.25, 0.3) is 0 Å². The van der Waals surface area contributed by atoms with Crippen molar-refractivity contribution in [2.45, 2.75) is 6.10 Å². The Morgan fingerprint density at radius 2 is 2.06 bits per heavy atom. The lowest BCUT2D eigenvalue weighted by Gasteiger charge is -2.14. The maximum Gasteiger partial charge on any atom is 0.186 e. The lowest BCUT2D eigenvalue weighted by Crippen LogP contribution is -2.24. The Labute approximate surface area is 117 Å². The van der Waals surface area contributed by atoms with Crippen molar-refractivity contribution < 1.29 is 4.74 Å². The van der Waals surface area contributed by atoms with E-state index >= 15 is 0 Å². The third-order valence-electron chi connectivity index (χ3n) is 1.98. The van der Waals surface area contributed by atoms with E-state index in [0.29, 0.717) is 11.6 Å². The zero-order valence-corrected chi connectivity index (χ0v) is 12.0. The molecule has 0 aliphatic carbocycles. The van der Waals surface area contributed by atoms with Crippen LogP contribution in [0.5, 0.6) is 0 Å². The van der Waals surface area contributed by atoms with Crippen molar-refractivity contribution in [2.75, 3.05) is 13.7 Å². The van der Waals surface area contributed by atoms with Crippen molar-refractivity contribution in [1.29, 1.82) is 0 Å². The molecule has 0 amide bonds. The van der Waals surface area contributed by atoms with Crippen molar-refractivity contribution in [2.24, 2.45) is 16.5 Å². The molecule has 0 heterocycles. The highest BCUT2D eigenvalue weighted by Crippen LogP contribution is 2.24. The minimum Gasteiger partial charge on any atom is -0.375 e. The van der Waals surface area contributed by atoms with E-state index in [4.69, 9.17) is 27.8 Å². The Hall–Kier alpha value is -0.530. The summed E-state index contributed by atoms with van der Waals surface area (Å²) in [6, 6.07) is 7.44. The van der Waals surface area contributed by atoms with Gasteiger partial charge in [0.05, 0.1) is 6.54 Å². The predicted octanol–water partition coefficient (Wildman–Crippen LogP) is 1.92. The third kappa shape index (κ3) is 4.54. The number of methoxy groups -OCH3 is 1. The molecule has 6 heteroatoms.